The summed E-state index contributed by atoms with van der Waals surface area (Å²) in [5.41, 5.74) is 4.80. The Labute approximate surface area is 166 Å². The predicted molar refractivity (Wildman–Crippen MR) is 103 cm³/mol. The van der Waals surface area contributed by atoms with E-state index in [9.17, 15) is 22.4 Å². The van der Waals surface area contributed by atoms with Crippen LogP contribution < -0.4 is 10.9 Å². The lowest BCUT2D eigenvalue weighted by Crippen LogP contribution is -2.49. The summed E-state index contributed by atoms with van der Waals surface area (Å²) in [4.78, 5) is 25.3. The number of amides is 2. The van der Waals surface area contributed by atoms with E-state index in [0.29, 0.717) is 19.4 Å². The van der Waals surface area contributed by atoms with Gasteiger partial charge in [0.2, 0.25) is 5.91 Å². The SMILES string of the molecule is Cc1ccc(S(=O)(=O)N2CCCC(C(=O)NNC(=O)c3ccc(F)cc3)C2)s1. The minimum Gasteiger partial charge on any atom is -0.273 e. The molecule has 1 atom stereocenters. The number of benzene rings is 1. The van der Waals surface area contributed by atoms with Crippen molar-refractivity contribution in [3.63, 3.8) is 0 Å². The highest BCUT2D eigenvalue weighted by atomic mass is 32.2. The largest absolute Gasteiger partial charge is 0.273 e. The summed E-state index contributed by atoms with van der Waals surface area (Å²) < 4.78 is 40.0. The van der Waals surface area contributed by atoms with Crippen LogP contribution in [-0.2, 0) is 14.8 Å². The maximum Gasteiger partial charge on any atom is 0.269 e. The number of hydrogen-bond donors (Lipinski definition) is 2. The summed E-state index contributed by atoms with van der Waals surface area (Å²) in [5.74, 6) is -2.08. The first-order valence-electron chi connectivity index (χ1n) is 8.70. The Hall–Kier alpha value is -2.30. The minimum atomic E-state index is -3.64. The van der Waals surface area contributed by atoms with Crippen LogP contribution in [0.15, 0.2) is 40.6 Å². The molecule has 1 fully saturated rings. The van der Waals surface area contributed by atoms with Crippen LogP contribution in [-0.4, -0.2) is 37.6 Å². The van der Waals surface area contributed by atoms with Crippen molar-refractivity contribution < 1.29 is 22.4 Å². The van der Waals surface area contributed by atoms with Gasteiger partial charge in [-0.25, -0.2) is 12.8 Å². The highest BCUT2D eigenvalue weighted by Gasteiger charge is 2.34. The first-order valence-corrected chi connectivity index (χ1v) is 11.0. The number of thiophene rings is 1. The Balaban J connectivity index is 1.60. The molecule has 10 heteroatoms. The van der Waals surface area contributed by atoms with Gasteiger partial charge in [0.05, 0.1) is 5.92 Å². The van der Waals surface area contributed by atoms with Crippen LogP contribution in [0.5, 0.6) is 0 Å². The van der Waals surface area contributed by atoms with E-state index >= 15 is 0 Å². The van der Waals surface area contributed by atoms with Crippen molar-refractivity contribution in [2.45, 2.75) is 24.0 Å². The van der Waals surface area contributed by atoms with E-state index in [4.69, 9.17) is 0 Å². The van der Waals surface area contributed by atoms with E-state index in [1.807, 2.05) is 6.92 Å². The molecule has 150 valence electrons. The number of aryl methyl sites for hydroxylation is 1. The van der Waals surface area contributed by atoms with Gasteiger partial charge in [-0.2, -0.15) is 4.31 Å². The summed E-state index contributed by atoms with van der Waals surface area (Å²) in [6.45, 7) is 2.24. The van der Waals surface area contributed by atoms with Crippen LogP contribution in [0.3, 0.4) is 0 Å². The normalized spacial score (nSPS) is 17.9. The molecule has 2 amide bonds. The number of hydrogen-bond acceptors (Lipinski definition) is 5. The fourth-order valence-electron chi connectivity index (χ4n) is 2.95. The first kappa shape index (κ1) is 20.4. The molecule has 0 saturated carbocycles. The summed E-state index contributed by atoms with van der Waals surface area (Å²) in [6, 6.07) is 8.21. The second-order valence-electron chi connectivity index (χ2n) is 6.52. The van der Waals surface area contributed by atoms with Crippen molar-refractivity contribution in [3.05, 3.63) is 52.7 Å². The van der Waals surface area contributed by atoms with Gasteiger partial charge in [0, 0.05) is 23.5 Å². The van der Waals surface area contributed by atoms with Gasteiger partial charge in [0.25, 0.3) is 15.9 Å². The van der Waals surface area contributed by atoms with E-state index in [-0.39, 0.29) is 16.3 Å². The molecule has 1 aromatic carbocycles. The van der Waals surface area contributed by atoms with Crippen LogP contribution in [0.4, 0.5) is 4.39 Å². The van der Waals surface area contributed by atoms with Crippen LogP contribution in [0.25, 0.3) is 0 Å². The second-order valence-corrected chi connectivity index (χ2v) is 9.97. The molecule has 28 heavy (non-hydrogen) atoms. The third kappa shape index (κ3) is 4.57. The molecule has 0 bridgehead atoms. The maximum atomic E-state index is 12.9. The Morgan fingerprint density at radius 1 is 1.14 bits per heavy atom. The number of hydrazine groups is 1. The van der Waals surface area contributed by atoms with Crippen molar-refractivity contribution in [1.29, 1.82) is 0 Å². The first-order chi connectivity index (χ1) is 13.3. The third-order valence-electron chi connectivity index (χ3n) is 4.47. The molecule has 2 aromatic rings. The minimum absolute atomic E-state index is 0.0531. The molecule has 2 heterocycles. The molecule has 0 aliphatic carbocycles. The van der Waals surface area contributed by atoms with Gasteiger partial charge in [0.15, 0.2) is 0 Å². The van der Waals surface area contributed by atoms with E-state index in [1.54, 1.807) is 12.1 Å². The monoisotopic (exact) mass is 425 g/mol. The molecule has 1 aliphatic rings. The third-order valence-corrected chi connectivity index (χ3v) is 7.80. The predicted octanol–water partition coefficient (Wildman–Crippen LogP) is 2.06. The molecule has 3 rings (SSSR count). The van der Waals surface area contributed by atoms with Crippen molar-refractivity contribution in [1.82, 2.24) is 15.2 Å². The molecule has 1 aromatic heterocycles. The molecule has 2 N–H and O–H groups in total. The number of nitrogens with one attached hydrogen (secondary N) is 2. The van der Waals surface area contributed by atoms with Crippen molar-refractivity contribution in [2.24, 2.45) is 5.92 Å². The van der Waals surface area contributed by atoms with E-state index in [0.717, 1.165) is 17.0 Å². The lowest BCUT2D eigenvalue weighted by Gasteiger charge is -2.30. The van der Waals surface area contributed by atoms with Gasteiger partial charge in [-0.05, 0) is 56.2 Å². The summed E-state index contributed by atoms with van der Waals surface area (Å²) in [5, 5.41) is 0. The van der Waals surface area contributed by atoms with Crippen LogP contribution >= 0.6 is 11.3 Å². The van der Waals surface area contributed by atoms with Crippen molar-refractivity contribution in [3.8, 4) is 0 Å². The van der Waals surface area contributed by atoms with Crippen LogP contribution in [0, 0.1) is 18.7 Å². The number of sulfonamides is 1. The number of piperidine rings is 1. The van der Waals surface area contributed by atoms with Gasteiger partial charge in [-0.1, -0.05) is 0 Å². The molecule has 1 unspecified atom stereocenters. The summed E-state index contributed by atoms with van der Waals surface area (Å²) >= 11 is 1.20. The number of carbonyl (C=O) groups is 2. The fraction of sp³-hybridized carbons (Fsp3) is 0.333. The number of nitrogens with zero attached hydrogens (tertiary/aromatic N) is 1. The molecule has 1 aliphatic heterocycles. The molecular weight excluding hydrogens is 405 g/mol. The Kier molecular flexibility index (Phi) is 6.11. The molecule has 7 nitrogen and oxygen atoms in total. The molecule has 1 saturated heterocycles. The zero-order chi connectivity index (χ0) is 20.3. The number of carbonyl (C=O) groups excluding carboxylic acids is 2. The average molecular weight is 426 g/mol. The van der Waals surface area contributed by atoms with Crippen molar-refractivity contribution in [2.75, 3.05) is 13.1 Å². The zero-order valence-corrected chi connectivity index (χ0v) is 16.8. The van der Waals surface area contributed by atoms with Crippen LogP contribution in [0.1, 0.15) is 28.1 Å². The van der Waals surface area contributed by atoms with Crippen LogP contribution in [0.2, 0.25) is 0 Å². The van der Waals surface area contributed by atoms with Gasteiger partial charge in [0.1, 0.15) is 10.0 Å². The van der Waals surface area contributed by atoms with Gasteiger partial charge in [-0.15, -0.1) is 11.3 Å². The van der Waals surface area contributed by atoms with Gasteiger partial charge in [-0.3, -0.25) is 20.4 Å². The topological polar surface area (TPSA) is 95.6 Å². The Morgan fingerprint density at radius 2 is 1.86 bits per heavy atom. The number of halogens is 1. The van der Waals surface area contributed by atoms with E-state index in [2.05, 4.69) is 10.9 Å². The van der Waals surface area contributed by atoms with Crippen molar-refractivity contribution >= 4 is 33.2 Å². The smallest absolute Gasteiger partial charge is 0.269 e. The standard InChI is InChI=1S/C18H20FN3O4S2/c1-12-4-9-16(27-12)28(25,26)22-10-2-3-14(11-22)18(24)21-20-17(23)13-5-7-15(19)8-6-13/h4-9,14H,2-3,10-11H2,1H3,(H,20,23)(H,21,24). The highest BCUT2D eigenvalue weighted by molar-refractivity contribution is 7.91. The summed E-state index contributed by atoms with van der Waals surface area (Å²) in [7, 11) is -3.64. The van der Waals surface area contributed by atoms with Gasteiger partial charge < -0.3 is 0 Å². The lowest BCUT2D eigenvalue weighted by molar-refractivity contribution is -0.126. The highest BCUT2D eigenvalue weighted by Crippen LogP contribution is 2.28. The zero-order valence-electron chi connectivity index (χ0n) is 15.1. The molecule has 0 radical (unpaired) electrons. The second kappa shape index (κ2) is 8.38. The fourth-order valence-corrected chi connectivity index (χ4v) is 5.91. The Morgan fingerprint density at radius 3 is 2.50 bits per heavy atom. The van der Waals surface area contributed by atoms with E-state index in [1.165, 1.54) is 27.8 Å². The maximum absolute atomic E-state index is 12.9. The quantitative estimate of drug-likeness (QED) is 0.733. The number of rotatable bonds is 4. The lowest BCUT2D eigenvalue weighted by atomic mass is 9.99. The molecular formula is C18H20FN3O4S2. The average Bonchev–Trinajstić information content (AvgIpc) is 3.13. The van der Waals surface area contributed by atoms with E-state index < -0.39 is 33.6 Å². The molecule has 0 spiro atoms. The summed E-state index contributed by atoms with van der Waals surface area (Å²) in [6.07, 6.45) is 1.07. The van der Waals surface area contributed by atoms with Gasteiger partial charge >= 0.3 is 0 Å². The Bertz CT molecular complexity index is 973.